The highest BCUT2D eigenvalue weighted by Crippen LogP contribution is 2.19. The average molecular weight is 355 g/mol. The first-order valence-electron chi connectivity index (χ1n) is 5.50. The van der Waals surface area contributed by atoms with Crippen molar-refractivity contribution < 1.29 is 21.0 Å². The number of aromatic nitrogens is 2. The fraction of sp³-hybridized carbons (Fsp3) is 0.375. The topological polar surface area (TPSA) is 150 Å². The molecule has 0 spiro atoms. The summed E-state index contributed by atoms with van der Waals surface area (Å²) in [7, 11) is -8.12. The van der Waals surface area contributed by atoms with Gasteiger partial charge in [0.05, 0.1) is 25.7 Å². The van der Waals surface area contributed by atoms with Crippen LogP contribution in [0.4, 0.5) is 0 Å². The molecule has 0 aliphatic rings. The van der Waals surface area contributed by atoms with Crippen molar-refractivity contribution in [2.24, 2.45) is 10.3 Å². The first-order valence-corrected chi connectivity index (χ1v) is 9.30. The van der Waals surface area contributed by atoms with Gasteiger partial charge in [-0.25, -0.2) is 15.3 Å². The SMILES string of the molecule is NS(=O)(=O)OCCN(Cc1cn2cncc2s1)S(N)(=O)=O. The highest BCUT2D eigenvalue weighted by atomic mass is 32.2. The Morgan fingerprint density at radius 3 is 2.62 bits per heavy atom. The van der Waals surface area contributed by atoms with Gasteiger partial charge in [0.25, 0.3) is 10.2 Å². The van der Waals surface area contributed by atoms with Crippen LogP contribution in [0.5, 0.6) is 0 Å². The van der Waals surface area contributed by atoms with E-state index in [4.69, 9.17) is 5.14 Å². The summed E-state index contributed by atoms with van der Waals surface area (Å²) in [6.45, 7) is -0.652. The van der Waals surface area contributed by atoms with E-state index in [1.165, 1.54) is 11.3 Å². The van der Waals surface area contributed by atoms with Crippen molar-refractivity contribution in [3.63, 3.8) is 0 Å². The predicted octanol–water partition coefficient (Wildman–Crippen LogP) is -1.38. The molecule has 0 atom stereocenters. The molecule has 0 aromatic carbocycles. The van der Waals surface area contributed by atoms with Gasteiger partial charge in [0.15, 0.2) is 0 Å². The average Bonchev–Trinajstić information content (AvgIpc) is 2.84. The number of hydrogen-bond acceptors (Lipinski definition) is 7. The van der Waals surface area contributed by atoms with Crippen LogP contribution in [-0.4, -0.2) is 43.7 Å². The summed E-state index contributed by atoms with van der Waals surface area (Å²) in [6.07, 6.45) is 4.94. The second-order valence-corrected chi connectivity index (χ2v) is 7.94. The van der Waals surface area contributed by atoms with Crippen LogP contribution in [0.15, 0.2) is 18.7 Å². The minimum Gasteiger partial charge on any atom is -0.297 e. The van der Waals surface area contributed by atoms with Crippen molar-refractivity contribution in [3.05, 3.63) is 23.6 Å². The molecule has 0 saturated carbocycles. The molecule has 0 unspecified atom stereocenters. The molecule has 2 heterocycles. The van der Waals surface area contributed by atoms with E-state index in [1.807, 2.05) is 0 Å². The molecule has 2 aromatic rings. The van der Waals surface area contributed by atoms with Crippen LogP contribution in [0.2, 0.25) is 0 Å². The van der Waals surface area contributed by atoms with Gasteiger partial charge in [-0.15, -0.1) is 11.3 Å². The standard InChI is InChI=1S/C8H13N5O5S3/c9-20(14,15)13(1-2-18-21(10,16)17)5-7-4-12-6-11-3-8(12)19-7/h3-4,6H,1-2,5H2,(H2,9,14,15)(H2,10,16,17). The lowest BCUT2D eigenvalue weighted by Crippen LogP contribution is -2.38. The van der Waals surface area contributed by atoms with E-state index >= 15 is 0 Å². The maximum atomic E-state index is 11.5. The monoisotopic (exact) mass is 355 g/mol. The van der Waals surface area contributed by atoms with Crippen molar-refractivity contribution in [1.29, 1.82) is 0 Å². The van der Waals surface area contributed by atoms with Crippen molar-refractivity contribution in [2.45, 2.75) is 6.54 Å². The third kappa shape index (κ3) is 4.70. The molecule has 0 fully saturated rings. The van der Waals surface area contributed by atoms with E-state index in [0.717, 1.165) is 14.0 Å². The fourth-order valence-corrected chi connectivity index (χ4v) is 3.59. The molecule has 2 rings (SSSR count). The lowest BCUT2D eigenvalue weighted by atomic mass is 10.5. The van der Waals surface area contributed by atoms with Gasteiger partial charge < -0.3 is 0 Å². The summed E-state index contributed by atoms with van der Waals surface area (Å²) >= 11 is 1.34. The Morgan fingerprint density at radius 1 is 1.33 bits per heavy atom. The Hall–Kier alpha value is -1.09. The second kappa shape index (κ2) is 5.96. The molecule has 0 amide bonds. The number of thiazole rings is 1. The highest BCUT2D eigenvalue weighted by molar-refractivity contribution is 7.86. The van der Waals surface area contributed by atoms with Gasteiger partial charge in [0.1, 0.15) is 4.83 Å². The molecule has 10 nitrogen and oxygen atoms in total. The maximum Gasteiger partial charge on any atom is 0.333 e. The summed E-state index contributed by atoms with van der Waals surface area (Å²) in [5, 5.41) is 9.76. The Morgan fingerprint density at radius 2 is 2.05 bits per heavy atom. The van der Waals surface area contributed by atoms with Crippen LogP contribution < -0.4 is 10.3 Å². The third-order valence-corrected chi connectivity index (χ3v) is 4.98. The van der Waals surface area contributed by atoms with E-state index in [2.05, 4.69) is 14.3 Å². The Kier molecular flexibility index (Phi) is 4.62. The summed E-state index contributed by atoms with van der Waals surface area (Å²) in [5.41, 5.74) is 0. The predicted molar refractivity (Wildman–Crippen MR) is 75.6 cm³/mol. The Labute approximate surface area is 125 Å². The summed E-state index contributed by atoms with van der Waals surface area (Å²) in [4.78, 5) is 5.49. The largest absolute Gasteiger partial charge is 0.333 e. The highest BCUT2D eigenvalue weighted by Gasteiger charge is 2.19. The van der Waals surface area contributed by atoms with Gasteiger partial charge in [-0.3, -0.25) is 8.58 Å². The zero-order chi connectivity index (χ0) is 15.7. The summed E-state index contributed by atoms with van der Waals surface area (Å²) in [5.74, 6) is 0. The number of nitrogens with zero attached hydrogens (tertiary/aromatic N) is 3. The van der Waals surface area contributed by atoms with Crippen LogP contribution in [-0.2, 0) is 31.2 Å². The van der Waals surface area contributed by atoms with E-state index in [-0.39, 0.29) is 13.1 Å². The van der Waals surface area contributed by atoms with Crippen LogP contribution in [0, 0.1) is 0 Å². The molecule has 0 saturated heterocycles. The minimum atomic E-state index is -4.12. The smallest absolute Gasteiger partial charge is 0.297 e. The summed E-state index contributed by atoms with van der Waals surface area (Å²) < 4.78 is 51.2. The van der Waals surface area contributed by atoms with Crippen LogP contribution in [0.1, 0.15) is 4.88 Å². The van der Waals surface area contributed by atoms with Gasteiger partial charge in [-0.1, -0.05) is 0 Å². The van der Waals surface area contributed by atoms with Crippen LogP contribution in [0.25, 0.3) is 4.83 Å². The normalized spacial score (nSPS) is 13.3. The van der Waals surface area contributed by atoms with Crippen molar-refractivity contribution >= 4 is 36.7 Å². The lowest BCUT2D eigenvalue weighted by molar-refractivity contribution is 0.274. The Bertz CT molecular complexity index is 795. The number of fused-ring (bicyclic) bond motifs is 1. The van der Waals surface area contributed by atoms with Crippen molar-refractivity contribution in [2.75, 3.05) is 13.2 Å². The van der Waals surface area contributed by atoms with Crippen molar-refractivity contribution in [3.8, 4) is 0 Å². The number of rotatable bonds is 7. The van der Waals surface area contributed by atoms with Gasteiger partial charge in [-0.2, -0.15) is 21.1 Å². The summed E-state index contributed by atoms with van der Waals surface area (Å²) in [6, 6.07) is 0. The second-order valence-electron chi connectivity index (χ2n) is 4.03. The first-order chi connectivity index (χ1) is 9.65. The van der Waals surface area contributed by atoms with Gasteiger partial charge in [-0.05, 0) is 0 Å². The van der Waals surface area contributed by atoms with E-state index in [9.17, 15) is 16.8 Å². The lowest BCUT2D eigenvalue weighted by Gasteiger charge is -2.17. The van der Waals surface area contributed by atoms with E-state index < -0.39 is 27.1 Å². The molecule has 0 bridgehead atoms. The van der Waals surface area contributed by atoms with Crippen molar-refractivity contribution in [1.82, 2.24) is 13.7 Å². The quantitative estimate of drug-likeness (QED) is 0.625. The molecular weight excluding hydrogens is 342 g/mol. The van der Waals surface area contributed by atoms with Crippen LogP contribution >= 0.6 is 11.3 Å². The third-order valence-electron chi connectivity index (χ3n) is 2.43. The minimum absolute atomic E-state index is 0.000834. The van der Waals surface area contributed by atoms with E-state index in [1.54, 1.807) is 23.1 Å². The molecule has 21 heavy (non-hydrogen) atoms. The number of nitrogens with two attached hydrogens (primary N) is 2. The molecule has 4 N–H and O–H groups in total. The molecule has 118 valence electrons. The zero-order valence-electron chi connectivity index (χ0n) is 10.6. The fourth-order valence-electron chi connectivity index (χ4n) is 1.58. The van der Waals surface area contributed by atoms with Gasteiger partial charge in [0.2, 0.25) is 0 Å². The number of hydrogen-bond donors (Lipinski definition) is 2. The molecule has 0 aliphatic carbocycles. The zero-order valence-corrected chi connectivity index (χ0v) is 13.1. The van der Waals surface area contributed by atoms with Crippen LogP contribution in [0.3, 0.4) is 0 Å². The first kappa shape index (κ1) is 16.3. The molecular formula is C8H13N5O5S3. The number of imidazole rings is 1. The molecule has 0 aliphatic heterocycles. The maximum absolute atomic E-state index is 11.5. The van der Waals surface area contributed by atoms with Gasteiger partial charge in [0, 0.05) is 17.6 Å². The molecule has 2 aromatic heterocycles. The molecule has 13 heteroatoms. The van der Waals surface area contributed by atoms with Gasteiger partial charge >= 0.3 is 10.3 Å². The molecule has 0 radical (unpaired) electrons. The Balaban J connectivity index is 2.08. The van der Waals surface area contributed by atoms with E-state index in [0.29, 0.717) is 0 Å².